The average Bonchev–Trinajstić information content (AvgIpc) is 2.06. The third-order valence-electron chi connectivity index (χ3n) is 2.69. The highest BCUT2D eigenvalue weighted by Crippen LogP contribution is 2.33. The lowest BCUT2D eigenvalue weighted by Gasteiger charge is -2.36. The molecule has 2 unspecified atom stereocenters. The predicted molar refractivity (Wildman–Crippen MR) is 51.7 cm³/mol. The van der Waals surface area contributed by atoms with Gasteiger partial charge in [0.05, 0.1) is 6.04 Å². The molecule has 1 rings (SSSR count). The van der Waals surface area contributed by atoms with E-state index in [4.69, 9.17) is 11.1 Å². The van der Waals surface area contributed by atoms with Gasteiger partial charge >= 0.3 is 6.18 Å². The van der Waals surface area contributed by atoms with Gasteiger partial charge < -0.3 is 5.73 Å². The molecule has 2 atom stereocenters. The summed E-state index contributed by atoms with van der Waals surface area (Å²) in [6.07, 6.45) is -3.34. The molecular weight excluding hydrogens is 207 g/mol. The van der Waals surface area contributed by atoms with Crippen molar-refractivity contribution in [2.45, 2.75) is 31.6 Å². The van der Waals surface area contributed by atoms with Crippen molar-refractivity contribution in [1.82, 2.24) is 4.90 Å². The molecule has 0 bridgehead atoms. The molecule has 6 heteroatoms. The van der Waals surface area contributed by atoms with E-state index >= 15 is 0 Å². The van der Waals surface area contributed by atoms with E-state index in [1.807, 2.05) is 0 Å². The van der Waals surface area contributed by atoms with Crippen molar-refractivity contribution in [3.63, 3.8) is 0 Å². The fourth-order valence-electron chi connectivity index (χ4n) is 1.63. The summed E-state index contributed by atoms with van der Waals surface area (Å²) in [5.74, 6) is -0.259. The molecule has 1 aliphatic rings. The zero-order chi connectivity index (χ0) is 11.8. The second-order valence-electron chi connectivity index (χ2n) is 3.81. The van der Waals surface area contributed by atoms with Gasteiger partial charge in [0, 0.05) is 11.6 Å². The van der Waals surface area contributed by atoms with Crippen LogP contribution in [0.15, 0.2) is 11.6 Å². The number of amidine groups is 1. The van der Waals surface area contributed by atoms with Crippen molar-refractivity contribution >= 4 is 5.84 Å². The van der Waals surface area contributed by atoms with Gasteiger partial charge in [0.2, 0.25) is 0 Å². The summed E-state index contributed by atoms with van der Waals surface area (Å²) in [5, 5.41) is 7.23. The smallest absolute Gasteiger partial charge is 0.386 e. The molecule has 0 aliphatic carbocycles. The van der Waals surface area contributed by atoms with Crippen LogP contribution in [0.5, 0.6) is 0 Å². The van der Waals surface area contributed by atoms with Crippen LogP contribution in [-0.4, -0.2) is 36.0 Å². The number of hydrogen-bond acceptors (Lipinski definition) is 2. The van der Waals surface area contributed by atoms with Crippen LogP contribution in [0.2, 0.25) is 0 Å². The molecule has 3 N–H and O–H groups in total. The van der Waals surface area contributed by atoms with Crippen LogP contribution >= 0.6 is 0 Å². The Morgan fingerprint density at radius 2 is 2.13 bits per heavy atom. The van der Waals surface area contributed by atoms with Gasteiger partial charge in [-0.1, -0.05) is 6.08 Å². The van der Waals surface area contributed by atoms with E-state index in [-0.39, 0.29) is 18.3 Å². The van der Waals surface area contributed by atoms with Crippen molar-refractivity contribution < 1.29 is 13.2 Å². The van der Waals surface area contributed by atoms with Gasteiger partial charge in [0.1, 0.15) is 5.84 Å². The van der Waals surface area contributed by atoms with Crippen LogP contribution in [0.1, 0.15) is 13.3 Å². The summed E-state index contributed by atoms with van der Waals surface area (Å²) in [5.41, 5.74) is 4.67. The predicted octanol–water partition coefficient (Wildman–Crippen LogP) is 1.50. The summed E-state index contributed by atoms with van der Waals surface area (Å²) >= 11 is 0. The molecule has 0 aromatic heterocycles. The standard InChI is InChI=1S/C9H14F3N3/c1-5-3-6(9(10,11)12)4-7(8(13)14)15(5)2/h4-5,7H,3H2,1-2H3,(H3,13,14). The Labute approximate surface area is 86.2 Å². The van der Waals surface area contributed by atoms with Crippen LogP contribution in [0, 0.1) is 5.41 Å². The first kappa shape index (κ1) is 12.0. The summed E-state index contributed by atoms with van der Waals surface area (Å²) in [6, 6.07) is -1.01. The number of nitrogens with one attached hydrogen (secondary N) is 1. The SMILES string of the molecule is CC1CC(C(F)(F)F)=CC(C(=N)N)N1C. The molecule has 0 spiro atoms. The zero-order valence-electron chi connectivity index (χ0n) is 8.60. The first-order valence-electron chi connectivity index (χ1n) is 4.57. The molecule has 1 aliphatic heterocycles. The normalized spacial score (nSPS) is 28.7. The van der Waals surface area contributed by atoms with Gasteiger partial charge in [-0.15, -0.1) is 0 Å². The van der Waals surface area contributed by atoms with Gasteiger partial charge in [-0.05, 0) is 20.4 Å². The van der Waals surface area contributed by atoms with Crippen molar-refractivity contribution in [2.75, 3.05) is 7.05 Å². The third-order valence-corrected chi connectivity index (χ3v) is 2.69. The Kier molecular flexibility index (Phi) is 3.08. The van der Waals surface area contributed by atoms with Crippen molar-refractivity contribution in [2.24, 2.45) is 5.73 Å². The maximum absolute atomic E-state index is 12.5. The molecule has 1 heterocycles. The van der Waals surface area contributed by atoms with Crippen LogP contribution in [-0.2, 0) is 0 Å². The molecule has 0 fully saturated rings. The van der Waals surface area contributed by atoms with Gasteiger partial charge in [-0.25, -0.2) is 0 Å². The van der Waals surface area contributed by atoms with Crippen molar-refractivity contribution in [1.29, 1.82) is 5.41 Å². The average molecular weight is 221 g/mol. The Bertz CT molecular complexity index is 295. The minimum absolute atomic E-state index is 0.0518. The van der Waals surface area contributed by atoms with Crippen LogP contribution in [0.3, 0.4) is 0 Å². The van der Waals surface area contributed by atoms with Crippen molar-refractivity contribution in [3.8, 4) is 0 Å². The van der Waals surface area contributed by atoms with E-state index < -0.39 is 17.8 Å². The lowest BCUT2D eigenvalue weighted by Crippen LogP contribution is -2.49. The molecule has 0 aromatic rings. The lowest BCUT2D eigenvalue weighted by molar-refractivity contribution is -0.0977. The van der Waals surface area contributed by atoms with Gasteiger partial charge in [0.25, 0.3) is 0 Å². The molecule has 0 saturated carbocycles. The van der Waals surface area contributed by atoms with Crippen molar-refractivity contribution in [3.05, 3.63) is 11.6 Å². The quantitative estimate of drug-likeness (QED) is 0.400. The highest BCUT2D eigenvalue weighted by molar-refractivity contribution is 5.85. The van der Waals surface area contributed by atoms with E-state index in [9.17, 15) is 13.2 Å². The summed E-state index contributed by atoms with van der Waals surface area (Å²) in [6.45, 7) is 1.69. The summed E-state index contributed by atoms with van der Waals surface area (Å²) < 4.78 is 37.4. The largest absolute Gasteiger partial charge is 0.412 e. The molecule has 86 valence electrons. The van der Waals surface area contributed by atoms with Gasteiger partial charge in [0.15, 0.2) is 0 Å². The molecule has 0 amide bonds. The fraction of sp³-hybridized carbons (Fsp3) is 0.667. The lowest BCUT2D eigenvalue weighted by atomic mass is 9.96. The van der Waals surface area contributed by atoms with E-state index in [2.05, 4.69) is 0 Å². The molecule has 0 saturated heterocycles. The number of nitrogens with two attached hydrogens (primary N) is 1. The topological polar surface area (TPSA) is 53.1 Å². The fourth-order valence-corrected chi connectivity index (χ4v) is 1.63. The second kappa shape index (κ2) is 3.84. The number of nitrogens with zero attached hydrogens (tertiary/aromatic N) is 1. The maximum atomic E-state index is 12.5. The first-order chi connectivity index (χ1) is 6.73. The first-order valence-corrected chi connectivity index (χ1v) is 4.57. The Morgan fingerprint density at radius 3 is 2.53 bits per heavy atom. The van der Waals surface area contributed by atoms with Gasteiger partial charge in [-0.3, -0.25) is 10.3 Å². The highest BCUT2D eigenvalue weighted by atomic mass is 19.4. The molecule has 0 radical (unpaired) electrons. The minimum Gasteiger partial charge on any atom is -0.386 e. The maximum Gasteiger partial charge on any atom is 0.412 e. The second-order valence-corrected chi connectivity index (χ2v) is 3.81. The molecule has 0 aromatic carbocycles. The number of rotatable bonds is 1. The minimum atomic E-state index is -4.32. The molecule has 15 heavy (non-hydrogen) atoms. The molecule has 3 nitrogen and oxygen atoms in total. The number of halogens is 3. The number of likely N-dealkylation sites (N-methyl/N-ethyl adjacent to an activating group) is 1. The summed E-state index contributed by atoms with van der Waals surface area (Å²) in [7, 11) is 1.67. The highest BCUT2D eigenvalue weighted by Gasteiger charge is 2.39. The third kappa shape index (κ3) is 2.50. The van der Waals surface area contributed by atoms with Crippen LogP contribution < -0.4 is 5.73 Å². The van der Waals surface area contributed by atoms with Crippen LogP contribution in [0.4, 0.5) is 13.2 Å². The zero-order valence-corrected chi connectivity index (χ0v) is 8.60. The molecular formula is C9H14F3N3. The summed E-state index contributed by atoms with van der Waals surface area (Å²) in [4.78, 5) is 1.66. The number of hydrogen-bond donors (Lipinski definition) is 2. The Balaban J connectivity index is 3.02. The van der Waals surface area contributed by atoms with E-state index in [1.54, 1.807) is 18.9 Å². The van der Waals surface area contributed by atoms with E-state index in [0.29, 0.717) is 0 Å². The Morgan fingerprint density at radius 1 is 1.60 bits per heavy atom. The number of alkyl halides is 3. The van der Waals surface area contributed by atoms with E-state index in [1.165, 1.54) is 0 Å². The van der Waals surface area contributed by atoms with Crippen LogP contribution in [0.25, 0.3) is 0 Å². The van der Waals surface area contributed by atoms with Gasteiger partial charge in [-0.2, -0.15) is 13.2 Å². The Hall–Kier alpha value is -1.04. The monoisotopic (exact) mass is 221 g/mol. The van der Waals surface area contributed by atoms with E-state index in [0.717, 1.165) is 6.08 Å².